The van der Waals surface area contributed by atoms with Crippen LogP contribution in [-0.2, 0) is 4.79 Å². The fourth-order valence-corrected chi connectivity index (χ4v) is 1.90. The smallest absolute Gasteiger partial charge is 0.393 e. The van der Waals surface area contributed by atoms with E-state index in [9.17, 15) is 23.1 Å². The van der Waals surface area contributed by atoms with Crippen LogP contribution >= 0.6 is 0 Å². The van der Waals surface area contributed by atoms with Crippen molar-refractivity contribution in [2.75, 3.05) is 6.54 Å². The summed E-state index contributed by atoms with van der Waals surface area (Å²) in [5.41, 5.74) is 2.14. The second-order valence-corrected chi connectivity index (χ2v) is 5.08. The number of amides is 1. The van der Waals surface area contributed by atoms with Gasteiger partial charge in [0.2, 0.25) is 5.91 Å². The number of alkyl halides is 3. The van der Waals surface area contributed by atoms with E-state index in [0.717, 1.165) is 0 Å². The lowest BCUT2D eigenvalue weighted by Gasteiger charge is -2.29. The molecular formula is C11H19F3N2O2. The molecule has 106 valence electrons. The number of aliphatic hydroxyl groups excluding tert-OH is 1. The quantitative estimate of drug-likeness (QED) is 0.713. The molecule has 7 heteroatoms. The van der Waals surface area contributed by atoms with Crippen molar-refractivity contribution in [1.82, 2.24) is 5.32 Å². The predicted molar refractivity (Wildman–Crippen MR) is 59.6 cm³/mol. The summed E-state index contributed by atoms with van der Waals surface area (Å²) >= 11 is 0. The minimum absolute atomic E-state index is 0.112. The molecule has 1 atom stereocenters. The van der Waals surface area contributed by atoms with E-state index in [0.29, 0.717) is 32.6 Å². The van der Waals surface area contributed by atoms with Gasteiger partial charge in [0.25, 0.3) is 0 Å². The highest BCUT2D eigenvalue weighted by atomic mass is 19.4. The van der Waals surface area contributed by atoms with Gasteiger partial charge in [-0.15, -0.1) is 0 Å². The molecular weight excluding hydrogens is 249 g/mol. The van der Waals surface area contributed by atoms with Crippen molar-refractivity contribution in [3.05, 3.63) is 0 Å². The summed E-state index contributed by atoms with van der Waals surface area (Å²) < 4.78 is 37.4. The molecule has 1 aliphatic carbocycles. The SMILES string of the molecule is CC(N)(C(=O)NCC1CCC(O)CC1)C(F)(F)F. The molecule has 0 saturated heterocycles. The van der Waals surface area contributed by atoms with Crippen molar-refractivity contribution in [3.8, 4) is 0 Å². The first-order chi connectivity index (χ1) is 8.14. The van der Waals surface area contributed by atoms with Crippen LogP contribution in [-0.4, -0.2) is 35.4 Å². The monoisotopic (exact) mass is 268 g/mol. The molecule has 0 heterocycles. The first-order valence-corrected chi connectivity index (χ1v) is 5.96. The zero-order valence-corrected chi connectivity index (χ0v) is 10.3. The summed E-state index contributed by atoms with van der Waals surface area (Å²) in [5, 5.41) is 11.5. The van der Waals surface area contributed by atoms with E-state index in [1.165, 1.54) is 0 Å². The fraction of sp³-hybridized carbons (Fsp3) is 0.909. The Morgan fingerprint density at radius 3 is 2.28 bits per heavy atom. The zero-order valence-electron chi connectivity index (χ0n) is 10.3. The maximum atomic E-state index is 12.5. The van der Waals surface area contributed by atoms with Crippen LogP contribution in [0.25, 0.3) is 0 Å². The van der Waals surface area contributed by atoms with E-state index in [4.69, 9.17) is 5.73 Å². The Kier molecular flexibility index (Phi) is 4.61. The van der Waals surface area contributed by atoms with Gasteiger partial charge in [0.05, 0.1) is 6.10 Å². The molecule has 0 aliphatic heterocycles. The second-order valence-electron chi connectivity index (χ2n) is 5.08. The molecule has 1 fully saturated rings. The standard InChI is InChI=1S/C11H19F3N2O2/c1-10(15,11(12,13)14)9(18)16-6-7-2-4-8(17)5-3-7/h7-8,17H,2-6,15H2,1H3,(H,16,18). The number of nitrogens with one attached hydrogen (secondary N) is 1. The first-order valence-electron chi connectivity index (χ1n) is 5.96. The number of hydrogen-bond acceptors (Lipinski definition) is 3. The Labute approximate surface area is 104 Å². The van der Waals surface area contributed by atoms with Crippen LogP contribution in [0.5, 0.6) is 0 Å². The molecule has 0 spiro atoms. The molecule has 0 radical (unpaired) electrons. The second kappa shape index (κ2) is 5.44. The van der Waals surface area contributed by atoms with Gasteiger partial charge in [-0.05, 0) is 38.5 Å². The molecule has 4 N–H and O–H groups in total. The van der Waals surface area contributed by atoms with Crippen LogP contribution in [0.15, 0.2) is 0 Å². The van der Waals surface area contributed by atoms with Crippen molar-refractivity contribution >= 4 is 5.91 Å². The van der Waals surface area contributed by atoms with Crippen LogP contribution in [0, 0.1) is 5.92 Å². The van der Waals surface area contributed by atoms with Crippen molar-refractivity contribution in [2.24, 2.45) is 11.7 Å². The van der Waals surface area contributed by atoms with Crippen molar-refractivity contribution in [3.63, 3.8) is 0 Å². The largest absolute Gasteiger partial charge is 0.415 e. The summed E-state index contributed by atoms with van der Waals surface area (Å²) in [7, 11) is 0. The highest BCUT2D eigenvalue weighted by molar-refractivity contribution is 5.86. The predicted octanol–water partition coefficient (Wildman–Crippen LogP) is 0.933. The average Bonchev–Trinajstić information content (AvgIpc) is 2.26. The van der Waals surface area contributed by atoms with Gasteiger partial charge in [0.15, 0.2) is 5.54 Å². The van der Waals surface area contributed by atoms with Gasteiger partial charge in [-0.25, -0.2) is 0 Å². The molecule has 1 aliphatic rings. The van der Waals surface area contributed by atoms with Crippen LogP contribution < -0.4 is 11.1 Å². The molecule has 0 aromatic carbocycles. The van der Waals surface area contributed by atoms with Crippen molar-refractivity contribution in [1.29, 1.82) is 0 Å². The Balaban J connectivity index is 2.42. The third-order valence-electron chi connectivity index (χ3n) is 3.43. The van der Waals surface area contributed by atoms with Crippen molar-refractivity contribution < 1.29 is 23.1 Å². The molecule has 0 aromatic rings. The highest BCUT2D eigenvalue weighted by Crippen LogP contribution is 2.28. The first kappa shape index (κ1) is 15.2. The van der Waals surface area contributed by atoms with E-state index >= 15 is 0 Å². The van der Waals surface area contributed by atoms with Gasteiger partial charge in [-0.2, -0.15) is 13.2 Å². The number of rotatable bonds is 3. The minimum Gasteiger partial charge on any atom is -0.393 e. The summed E-state index contributed by atoms with van der Waals surface area (Å²) in [6.45, 7) is 0.835. The normalized spacial score (nSPS) is 28.6. The van der Waals surface area contributed by atoms with Crippen molar-refractivity contribution in [2.45, 2.75) is 50.4 Å². The molecule has 18 heavy (non-hydrogen) atoms. The third-order valence-corrected chi connectivity index (χ3v) is 3.43. The lowest BCUT2D eigenvalue weighted by atomic mass is 9.87. The van der Waals surface area contributed by atoms with Crippen LogP contribution in [0.4, 0.5) is 13.2 Å². The lowest BCUT2D eigenvalue weighted by Crippen LogP contribution is -2.61. The average molecular weight is 268 g/mol. The van der Waals surface area contributed by atoms with E-state index in [1.807, 2.05) is 0 Å². The Morgan fingerprint density at radius 1 is 1.33 bits per heavy atom. The van der Waals surface area contributed by atoms with Gasteiger partial charge < -0.3 is 16.2 Å². The summed E-state index contributed by atoms with van der Waals surface area (Å²) in [6.07, 6.45) is -2.44. The Bertz CT molecular complexity index is 297. The summed E-state index contributed by atoms with van der Waals surface area (Å²) in [6, 6.07) is 0. The van der Waals surface area contributed by atoms with E-state index in [-0.39, 0.29) is 18.6 Å². The van der Waals surface area contributed by atoms with E-state index < -0.39 is 17.6 Å². The van der Waals surface area contributed by atoms with Gasteiger partial charge in [-0.1, -0.05) is 0 Å². The number of carbonyl (C=O) groups excluding carboxylic acids is 1. The minimum atomic E-state index is -4.76. The number of halogens is 3. The highest BCUT2D eigenvalue weighted by Gasteiger charge is 2.53. The maximum absolute atomic E-state index is 12.5. The fourth-order valence-electron chi connectivity index (χ4n) is 1.90. The van der Waals surface area contributed by atoms with Gasteiger partial charge >= 0.3 is 6.18 Å². The molecule has 1 saturated carbocycles. The number of hydrogen-bond donors (Lipinski definition) is 3. The molecule has 0 bridgehead atoms. The topological polar surface area (TPSA) is 75.4 Å². The maximum Gasteiger partial charge on any atom is 0.415 e. The number of nitrogens with two attached hydrogens (primary N) is 1. The number of carbonyl (C=O) groups is 1. The lowest BCUT2D eigenvalue weighted by molar-refractivity contribution is -0.187. The van der Waals surface area contributed by atoms with E-state index in [2.05, 4.69) is 5.32 Å². The Morgan fingerprint density at radius 2 is 1.83 bits per heavy atom. The van der Waals surface area contributed by atoms with E-state index in [1.54, 1.807) is 0 Å². The van der Waals surface area contributed by atoms with Crippen LogP contribution in [0.3, 0.4) is 0 Å². The number of aliphatic hydroxyl groups is 1. The summed E-state index contributed by atoms with van der Waals surface area (Å²) in [4.78, 5) is 11.4. The zero-order chi connectivity index (χ0) is 14.0. The van der Waals surface area contributed by atoms with Gasteiger partial charge in [-0.3, -0.25) is 4.79 Å². The molecule has 1 rings (SSSR count). The van der Waals surface area contributed by atoms with Gasteiger partial charge in [0.1, 0.15) is 0 Å². The summed E-state index contributed by atoms with van der Waals surface area (Å²) in [5.74, 6) is -1.09. The van der Waals surface area contributed by atoms with Crippen LogP contribution in [0.1, 0.15) is 32.6 Å². The molecule has 4 nitrogen and oxygen atoms in total. The van der Waals surface area contributed by atoms with Gasteiger partial charge in [0, 0.05) is 6.54 Å². The van der Waals surface area contributed by atoms with Crippen LogP contribution in [0.2, 0.25) is 0 Å². The molecule has 1 amide bonds. The Hall–Kier alpha value is -0.820. The third kappa shape index (κ3) is 3.58. The molecule has 0 aromatic heterocycles. The molecule has 1 unspecified atom stereocenters.